The normalized spacial score (nSPS) is 10.1. The Hall–Kier alpha value is -2.86. The number of nitrogen functional groups attached to an aromatic ring is 2. The molecule has 0 saturated carbocycles. The first-order valence-corrected chi connectivity index (χ1v) is 8.17. The van der Waals surface area contributed by atoms with E-state index in [4.69, 9.17) is 20.9 Å². The lowest BCUT2D eigenvalue weighted by Gasteiger charge is -2.13. The topological polar surface area (TPSA) is 137 Å². The van der Waals surface area contributed by atoms with Gasteiger partial charge in [-0.15, -0.1) is 0 Å². The van der Waals surface area contributed by atoms with Crippen molar-refractivity contribution >= 4 is 33.7 Å². The molecule has 0 amide bonds. The number of carbonyl (C=O) groups is 1. The molecule has 1 heterocycles. The van der Waals surface area contributed by atoms with Crippen molar-refractivity contribution in [1.82, 2.24) is 9.97 Å². The highest BCUT2D eigenvalue weighted by Gasteiger charge is 2.18. The van der Waals surface area contributed by atoms with Crippen molar-refractivity contribution in [3.05, 3.63) is 28.2 Å². The third kappa shape index (κ3) is 4.58. The number of ether oxygens (including phenoxy) is 2. The fourth-order valence-electron chi connectivity index (χ4n) is 2.09. The largest absolute Gasteiger partial charge is 0.492 e. The van der Waals surface area contributed by atoms with E-state index in [1.54, 1.807) is 25.1 Å². The average molecular weight is 406 g/mol. The number of aromatic nitrogens is 2. The fourth-order valence-corrected chi connectivity index (χ4v) is 2.45. The molecule has 0 atom stereocenters. The molecule has 0 spiro atoms. The standard InChI is InChI=1S/C16H16BrN5O3/c1-2-24-13(23)5-6-25-12-4-3-9(17)7-10(12)14-11(8-18)15(19)22-16(20)21-14/h3-4,7H,2,5-6H2,1H3,(H4,19,20,21,22). The molecule has 0 aliphatic rings. The third-order valence-corrected chi connectivity index (χ3v) is 3.63. The van der Waals surface area contributed by atoms with Crippen LogP contribution in [0.4, 0.5) is 11.8 Å². The van der Waals surface area contributed by atoms with E-state index in [0.717, 1.165) is 4.47 Å². The fraction of sp³-hybridized carbons (Fsp3) is 0.250. The summed E-state index contributed by atoms with van der Waals surface area (Å²) in [5.41, 5.74) is 12.3. The first kappa shape index (κ1) is 18.5. The van der Waals surface area contributed by atoms with Crippen molar-refractivity contribution in [3.8, 4) is 23.1 Å². The summed E-state index contributed by atoms with van der Waals surface area (Å²) in [6, 6.07) is 7.16. The molecule has 0 saturated heterocycles. The molecule has 25 heavy (non-hydrogen) atoms. The van der Waals surface area contributed by atoms with Crippen LogP contribution in [0.5, 0.6) is 5.75 Å². The minimum absolute atomic E-state index is 0.0116. The van der Waals surface area contributed by atoms with Gasteiger partial charge in [-0.05, 0) is 25.1 Å². The summed E-state index contributed by atoms with van der Waals surface area (Å²) in [4.78, 5) is 19.3. The number of benzene rings is 1. The van der Waals surface area contributed by atoms with Crippen LogP contribution in [-0.4, -0.2) is 29.2 Å². The lowest BCUT2D eigenvalue weighted by molar-refractivity contribution is -0.143. The van der Waals surface area contributed by atoms with Gasteiger partial charge in [0, 0.05) is 10.0 Å². The van der Waals surface area contributed by atoms with E-state index < -0.39 is 0 Å². The van der Waals surface area contributed by atoms with Crippen LogP contribution in [0.1, 0.15) is 18.9 Å². The van der Waals surface area contributed by atoms with Crippen LogP contribution in [0.2, 0.25) is 0 Å². The molecular formula is C16H16BrN5O3. The van der Waals surface area contributed by atoms with E-state index >= 15 is 0 Å². The maximum Gasteiger partial charge on any atom is 0.309 e. The van der Waals surface area contributed by atoms with Crippen LogP contribution in [0.3, 0.4) is 0 Å². The predicted octanol–water partition coefficient (Wildman–Crippen LogP) is 2.27. The zero-order valence-electron chi connectivity index (χ0n) is 13.5. The number of halogens is 1. The Morgan fingerprint density at radius 2 is 2.12 bits per heavy atom. The predicted molar refractivity (Wildman–Crippen MR) is 95.5 cm³/mol. The van der Waals surface area contributed by atoms with Crippen LogP contribution < -0.4 is 16.2 Å². The number of nitrogens with two attached hydrogens (primary N) is 2. The summed E-state index contributed by atoms with van der Waals surface area (Å²) in [7, 11) is 0. The highest BCUT2D eigenvalue weighted by Crippen LogP contribution is 2.35. The minimum Gasteiger partial charge on any atom is -0.492 e. The summed E-state index contributed by atoms with van der Waals surface area (Å²) in [6.07, 6.45) is 0.0997. The third-order valence-electron chi connectivity index (χ3n) is 3.13. The lowest BCUT2D eigenvalue weighted by Crippen LogP contribution is -2.10. The van der Waals surface area contributed by atoms with Gasteiger partial charge in [-0.25, -0.2) is 4.98 Å². The Balaban J connectivity index is 2.37. The smallest absolute Gasteiger partial charge is 0.309 e. The molecule has 0 unspecified atom stereocenters. The van der Waals surface area contributed by atoms with Crippen molar-refractivity contribution in [2.24, 2.45) is 0 Å². The molecule has 130 valence electrons. The van der Waals surface area contributed by atoms with Crippen LogP contribution >= 0.6 is 15.9 Å². The number of hydrogen-bond donors (Lipinski definition) is 2. The van der Waals surface area contributed by atoms with Crippen molar-refractivity contribution in [1.29, 1.82) is 5.26 Å². The molecule has 0 bridgehead atoms. The molecule has 1 aromatic heterocycles. The van der Waals surface area contributed by atoms with Gasteiger partial charge >= 0.3 is 5.97 Å². The summed E-state index contributed by atoms with van der Waals surface area (Å²) in [5.74, 6) is 0.0160. The zero-order chi connectivity index (χ0) is 18.4. The monoisotopic (exact) mass is 405 g/mol. The first-order valence-electron chi connectivity index (χ1n) is 7.37. The highest BCUT2D eigenvalue weighted by molar-refractivity contribution is 9.10. The molecule has 9 heteroatoms. The Morgan fingerprint density at radius 1 is 1.36 bits per heavy atom. The van der Waals surface area contributed by atoms with Gasteiger partial charge in [0.15, 0.2) is 0 Å². The summed E-state index contributed by atoms with van der Waals surface area (Å²) < 4.78 is 11.3. The van der Waals surface area contributed by atoms with E-state index in [-0.39, 0.29) is 42.0 Å². The highest BCUT2D eigenvalue weighted by atomic mass is 79.9. The van der Waals surface area contributed by atoms with E-state index in [2.05, 4.69) is 25.9 Å². The average Bonchev–Trinajstić information content (AvgIpc) is 2.55. The van der Waals surface area contributed by atoms with E-state index in [0.29, 0.717) is 17.9 Å². The van der Waals surface area contributed by atoms with Crippen molar-refractivity contribution in [2.75, 3.05) is 24.7 Å². The number of esters is 1. The van der Waals surface area contributed by atoms with Crippen LogP contribution in [0.25, 0.3) is 11.3 Å². The van der Waals surface area contributed by atoms with Gasteiger partial charge in [0.2, 0.25) is 5.95 Å². The maximum atomic E-state index is 11.4. The quantitative estimate of drug-likeness (QED) is 0.697. The van der Waals surface area contributed by atoms with Gasteiger partial charge in [0.05, 0.1) is 25.3 Å². The van der Waals surface area contributed by atoms with Gasteiger partial charge in [0.1, 0.15) is 23.2 Å². The second kappa shape index (κ2) is 8.30. The molecule has 0 aliphatic heterocycles. The number of nitriles is 1. The second-order valence-electron chi connectivity index (χ2n) is 4.85. The van der Waals surface area contributed by atoms with Crippen LogP contribution in [0, 0.1) is 11.3 Å². The second-order valence-corrected chi connectivity index (χ2v) is 5.76. The van der Waals surface area contributed by atoms with Crippen LogP contribution in [-0.2, 0) is 9.53 Å². The molecular weight excluding hydrogens is 390 g/mol. The Kier molecular flexibility index (Phi) is 6.14. The van der Waals surface area contributed by atoms with Gasteiger partial charge in [-0.2, -0.15) is 10.2 Å². The van der Waals surface area contributed by atoms with Gasteiger partial charge in [-0.3, -0.25) is 4.79 Å². The van der Waals surface area contributed by atoms with Crippen molar-refractivity contribution in [2.45, 2.75) is 13.3 Å². The molecule has 0 radical (unpaired) electrons. The zero-order valence-corrected chi connectivity index (χ0v) is 15.0. The summed E-state index contributed by atoms with van der Waals surface area (Å²) >= 11 is 3.37. The molecule has 1 aromatic carbocycles. The van der Waals surface area contributed by atoms with Gasteiger partial charge in [-0.1, -0.05) is 15.9 Å². The van der Waals surface area contributed by atoms with E-state index in [1.807, 2.05) is 6.07 Å². The number of rotatable bonds is 6. The Morgan fingerprint density at radius 3 is 2.80 bits per heavy atom. The summed E-state index contributed by atoms with van der Waals surface area (Å²) in [6.45, 7) is 2.16. The molecule has 8 nitrogen and oxygen atoms in total. The van der Waals surface area contributed by atoms with Gasteiger partial charge in [0.25, 0.3) is 0 Å². The summed E-state index contributed by atoms with van der Waals surface area (Å²) in [5, 5.41) is 9.36. The lowest BCUT2D eigenvalue weighted by atomic mass is 10.1. The van der Waals surface area contributed by atoms with E-state index in [9.17, 15) is 10.1 Å². The molecule has 2 rings (SSSR count). The van der Waals surface area contributed by atoms with Gasteiger partial charge < -0.3 is 20.9 Å². The number of nitrogens with zero attached hydrogens (tertiary/aromatic N) is 3. The van der Waals surface area contributed by atoms with Crippen molar-refractivity contribution in [3.63, 3.8) is 0 Å². The number of hydrogen-bond acceptors (Lipinski definition) is 8. The Labute approximate surface area is 152 Å². The van der Waals surface area contributed by atoms with Crippen LogP contribution in [0.15, 0.2) is 22.7 Å². The maximum absolute atomic E-state index is 11.4. The molecule has 4 N–H and O–H groups in total. The minimum atomic E-state index is -0.352. The van der Waals surface area contributed by atoms with Crippen molar-refractivity contribution < 1.29 is 14.3 Å². The molecule has 0 aliphatic carbocycles. The number of carbonyl (C=O) groups excluding carboxylic acids is 1. The Bertz CT molecular complexity index is 835. The number of anilines is 2. The van der Waals surface area contributed by atoms with E-state index in [1.165, 1.54) is 0 Å². The SMILES string of the molecule is CCOC(=O)CCOc1ccc(Br)cc1-c1nc(N)nc(N)c1C#N. The first-order chi connectivity index (χ1) is 12.0. The molecule has 0 fully saturated rings. The molecule has 2 aromatic rings.